The molecule has 1 aromatic carbocycles. The highest BCUT2D eigenvalue weighted by molar-refractivity contribution is 8.13. The Kier molecular flexibility index (Phi) is 3.32. The second kappa shape index (κ2) is 4.17. The molecule has 1 aromatic rings. The van der Waals surface area contributed by atoms with Crippen LogP contribution in [0.15, 0.2) is 17.0 Å². The molecule has 0 aromatic heterocycles. The molecule has 0 saturated carbocycles. The fourth-order valence-corrected chi connectivity index (χ4v) is 2.16. The van der Waals surface area contributed by atoms with E-state index in [1.165, 1.54) is 6.07 Å². The summed E-state index contributed by atoms with van der Waals surface area (Å²) < 4.78 is 35.5. The number of nitriles is 1. The molecule has 0 spiro atoms. The maximum Gasteiger partial charge on any atom is 0.264 e. The Hall–Kier alpha value is -1.12. The first-order valence-electron chi connectivity index (χ1n) is 4.08. The molecule has 0 heterocycles. The molecule has 6 heteroatoms. The number of halogens is 2. The third-order valence-corrected chi connectivity index (χ3v) is 3.28. The summed E-state index contributed by atoms with van der Waals surface area (Å²) >= 11 is 0. The molecule has 15 heavy (non-hydrogen) atoms. The summed E-state index contributed by atoms with van der Waals surface area (Å²) in [5.41, 5.74) is 0.193. The van der Waals surface area contributed by atoms with Crippen molar-refractivity contribution in [3.63, 3.8) is 0 Å². The van der Waals surface area contributed by atoms with E-state index >= 15 is 0 Å². The van der Waals surface area contributed by atoms with Crippen molar-refractivity contribution in [3.8, 4) is 6.07 Å². The average molecular weight is 248 g/mol. The van der Waals surface area contributed by atoms with E-state index in [4.69, 9.17) is 15.9 Å². The van der Waals surface area contributed by atoms with Crippen LogP contribution in [0.1, 0.15) is 18.1 Å². The van der Waals surface area contributed by atoms with Gasteiger partial charge in [0.15, 0.2) is 0 Å². The Balaban J connectivity index is 3.59. The summed E-state index contributed by atoms with van der Waals surface area (Å²) in [5.74, 6) is -0.938. The van der Waals surface area contributed by atoms with Gasteiger partial charge in [0.2, 0.25) is 0 Å². The van der Waals surface area contributed by atoms with Crippen molar-refractivity contribution < 1.29 is 12.8 Å². The minimum atomic E-state index is -4.10. The first-order chi connectivity index (χ1) is 6.91. The third kappa shape index (κ3) is 2.28. The van der Waals surface area contributed by atoms with Crippen LogP contribution in [0, 0.1) is 17.1 Å². The van der Waals surface area contributed by atoms with Crippen molar-refractivity contribution in [2.45, 2.75) is 18.2 Å². The second-order valence-corrected chi connectivity index (χ2v) is 5.34. The zero-order chi connectivity index (χ0) is 11.6. The predicted molar refractivity (Wildman–Crippen MR) is 53.5 cm³/mol. The van der Waals surface area contributed by atoms with Gasteiger partial charge in [-0.3, -0.25) is 0 Å². The molecule has 0 saturated heterocycles. The molecule has 0 fully saturated rings. The Bertz CT molecular complexity index is 534. The molecule has 1 rings (SSSR count). The molecular weight excluding hydrogens is 241 g/mol. The van der Waals surface area contributed by atoms with E-state index in [1.54, 1.807) is 13.0 Å². The third-order valence-electron chi connectivity index (χ3n) is 1.94. The molecule has 0 aliphatic carbocycles. The van der Waals surface area contributed by atoms with Gasteiger partial charge in [-0.05, 0) is 18.6 Å². The summed E-state index contributed by atoms with van der Waals surface area (Å²) in [6, 6.07) is 4.03. The fraction of sp³-hybridized carbons (Fsp3) is 0.222. The van der Waals surface area contributed by atoms with Crippen LogP contribution in [-0.2, 0) is 15.5 Å². The van der Waals surface area contributed by atoms with Crippen molar-refractivity contribution in [2.24, 2.45) is 0 Å². The van der Waals surface area contributed by atoms with Crippen LogP contribution in [0.25, 0.3) is 0 Å². The molecule has 0 radical (unpaired) electrons. The van der Waals surface area contributed by atoms with E-state index in [-0.39, 0.29) is 17.5 Å². The van der Waals surface area contributed by atoms with Crippen LogP contribution >= 0.6 is 10.7 Å². The number of nitrogens with zero attached hydrogens (tertiary/aromatic N) is 1. The first-order valence-corrected chi connectivity index (χ1v) is 6.39. The Morgan fingerprint density at radius 1 is 1.53 bits per heavy atom. The van der Waals surface area contributed by atoms with Gasteiger partial charge < -0.3 is 0 Å². The van der Waals surface area contributed by atoms with E-state index < -0.39 is 19.8 Å². The van der Waals surface area contributed by atoms with E-state index in [2.05, 4.69) is 0 Å². The molecular formula is C9H7ClFNO2S. The molecule has 3 nitrogen and oxygen atoms in total. The fourth-order valence-electron chi connectivity index (χ4n) is 1.24. The SMILES string of the molecule is CCc1c(C#N)ccc(S(=O)(=O)Cl)c1F. The number of rotatable bonds is 2. The molecule has 0 aliphatic heterocycles. The van der Waals surface area contributed by atoms with Crippen molar-refractivity contribution in [1.29, 1.82) is 5.26 Å². The summed E-state index contributed by atoms with van der Waals surface area (Å²) in [5, 5.41) is 8.67. The Morgan fingerprint density at radius 3 is 2.53 bits per heavy atom. The summed E-state index contributed by atoms with van der Waals surface area (Å²) in [6.45, 7) is 1.63. The minimum Gasteiger partial charge on any atom is -0.207 e. The maximum absolute atomic E-state index is 13.6. The maximum atomic E-state index is 13.6. The van der Waals surface area contributed by atoms with Gasteiger partial charge in [0.25, 0.3) is 9.05 Å². The molecule has 0 unspecified atom stereocenters. The second-order valence-electron chi connectivity index (χ2n) is 2.81. The van der Waals surface area contributed by atoms with E-state index in [9.17, 15) is 12.8 Å². The monoisotopic (exact) mass is 247 g/mol. The van der Waals surface area contributed by atoms with Crippen LogP contribution < -0.4 is 0 Å². The van der Waals surface area contributed by atoms with Crippen molar-refractivity contribution in [1.82, 2.24) is 0 Å². The Morgan fingerprint density at radius 2 is 2.13 bits per heavy atom. The molecule has 0 N–H and O–H groups in total. The van der Waals surface area contributed by atoms with Crippen LogP contribution in [0.5, 0.6) is 0 Å². The van der Waals surface area contributed by atoms with Crippen LogP contribution in [-0.4, -0.2) is 8.42 Å². The van der Waals surface area contributed by atoms with Crippen LogP contribution in [0.4, 0.5) is 4.39 Å². The molecule has 0 amide bonds. The van der Waals surface area contributed by atoms with E-state index in [1.807, 2.05) is 0 Å². The Labute approximate surface area is 91.5 Å². The lowest BCUT2D eigenvalue weighted by Crippen LogP contribution is -2.01. The van der Waals surface area contributed by atoms with E-state index in [0.717, 1.165) is 6.07 Å². The normalized spacial score (nSPS) is 11.1. The van der Waals surface area contributed by atoms with E-state index in [0.29, 0.717) is 0 Å². The summed E-state index contributed by atoms with van der Waals surface area (Å²) in [6.07, 6.45) is 0.231. The molecule has 0 aliphatic rings. The van der Waals surface area contributed by atoms with Gasteiger partial charge >= 0.3 is 0 Å². The molecule has 0 bridgehead atoms. The molecule has 80 valence electrons. The first kappa shape index (κ1) is 12.0. The largest absolute Gasteiger partial charge is 0.264 e. The van der Waals surface area contributed by atoms with Crippen LogP contribution in [0.2, 0.25) is 0 Å². The average Bonchev–Trinajstić information content (AvgIpc) is 2.15. The van der Waals surface area contributed by atoms with Crippen LogP contribution in [0.3, 0.4) is 0 Å². The van der Waals surface area contributed by atoms with Gasteiger partial charge in [-0.2, -0.15) is 5.26 Å². The standard InChI is InChI=1S/C9H7ClFNO2S/c1-2-7-6(5-12)3-4-8(9(7)11)15(10,13)14/h3-4H,2H2,1H3. The van der Waals surface area contributed by atoms with Gasteiger partial charge in [0.05, 0.1) is 11.6 Å². The van der Waals surface area contributed by atoms with Gasteiger partial charge in [0, 0.05) is 16.2 Å². The van der Waals surface area contributed by atoms with Crippen molar-refractivity contribution >= 4 is 19.7 Å². The number of hydrogen-bond donors (Lipinski definition) is 0. The number of benzene rings is 1. The molecule has 0 atom stereocenters. The van der Waals surface area contributed by atoms with Crippen molar-refractivity contribution in [2.75, 3.05) is 0 Å². The van der Waals surface area contributed by atoms with Gasteiger partial charge in [-0.25, -0.2) is 12.8 Å². The lowest BCUT2D eigenvalue weighted by atomic mass is 10.1. The highest BCUT2D eigenvalue weighted by Gasteiger charge is 2.20. The van der Waals surface area contributed by atoms with Gasteiger partial charge in [-0.1, -0.05) is 6.92 Å². The smallest absolute Gasteiger partial charge is 0.207 e. The minimum absolute atomic E-state index is 0.0687. The summed E-state index contributed by atoms with van der Waals surface area (Å²) in [7, 11) is 0.934. The summed E-state index contributed by atoms with van der Waals surface area (Å²) in [4.78, 5) is -0.583. The highest BCUT2D eigenvalue weighted by Crippen LogP contribution is 2.24. The lowest BCUT2D eigenvalue weighted by molar-refractivity contribution is 0.565. The van der Waals surface area contributed by atoms with Gasteiger partial charge in [-0.15, -0.1) is 0 Å². The zero-order valence-corrected chi connectivity index (χ0v) is 9.36. The zero-order valence-electron chi connectivity index (χ0n) is 7.79. The highest BCUT2D eigenvalue weighted by atomic mass is 35.7. The number of hydrogen-bond acceptors (Lipinski definition) is 3. The lowest BCUT2D eigenvalue weighted by Gasteiger charge is -2.05. The quantitative estimate of drug-likeness (QED) is 0.753. The predicted octanol–water partition coefficient (Wildman–Crippen LogP) is 2.19. The van der Waals surface area contributed by atoms with Crippen molar-refractivity contribution in [3.05, 3.63) is 29.1 Å². The van der Waals surface area contributed by atoms with Gasteiger partial charge in [0.1, 0.15) is 10.7 Å². The topological polar surface area (TPSA) is 57.9 Å².